The third-order valence-electron chi connectivity index (χ3n) is 4.06. The molecule has 0 aromatic heterocycles. The highest BCUT2D eigenvalue weighted by atomic mass is 35.5. The molecule has 0 radical (unpaired) electrons. The van der Waals surface area contributed by atoms with Crippen LogP contribution in [0.25, 0.3) is 0 Å². The van der Waals surface area contributed by atoms with Gasteiger partial charge in [-0.05, 0) is 52.8 Å². The SMILES string of the molecule is CCOC(=O)CC1(C(=O)OCC)Nc2ccc(Cl)cc2C(=O)N1NC(=O)OC(C)(C)C. The van der Waals surface area contributed by atoms with E-state index >= 15 is 0 Å². The van der Waals surface area contributed by atoms with E-state index in [1.165, 1.54) is 18.2 Å². The first kappa shape index (κ1) is 24.3. The number of anilines is 1. The van der Waals surface area contributed by atoms with Gasteiger partial charge in [0, 0.05) is 10.7 Å². The lowest BCUT2D eigenvalue weighted by Crippen LogP contribution is -2.70. The van der Waals surface area contributed by atoms with Gasteiger partial charge in [0.1, 0.15) is 12.0 Å². The Labute approximate surface area is 185 Å². The van der Waals surface area contributed by atoms with Gasteiger partial charge in [0.15, 0.2) is 0 Å². The number of amides is 2. The van der Waals surface area contributed by atoms with Gasteiger partial charge in [-0.1, -0.05) is 11.6 Å². The maximum Gasteiger partial charge on any atom is 0.426 e. The van der Waals surface area contributed by atoms with Crippen LogP contribution in [0.2, 0.25) is 5.02 Å². The number of hydrogen-bond donors (Lipinski definition) is 2. The van der Waals surface area contributed by atoms with Gasteiger partial charge >= 0.3 is 18.0 Å². The van der Waals surface area contributed by atoms with Crippen molar-refractivity contribution in [3.8, 4) is 0 Å². The van der Waals surface area contributed by atoms with Gasteiger partial charge in [0.05, 0.1) is 18.8 Å². The van der Waals surface area contributed by atoms with E-state index in [2.05, 4.69) is 10.7 Å². The maximum absolute atomic E-state index is 13.3. The molecule has 0 saturated heterocycles. The van der Waals surface area contributed by atoms with Crippen molar-refractivity contribution in [2.45, 2.75) is 52.3 Å². The quantitative estimate of drug-likeness (QED) is 0.495. The largest absolute Gasteiger partial charge is 0.466 e. The highest BCUT2D eigenvalue weighted by molar-refractivity contribution is 6.31. The summed E-state index contributed by atoms with van der Waals surface area (Å²) in [5.41, 5.74) is -0.419. The number of nitrogens with zero attached hydrogens (tertiary/aromatic N) is 1. The fraction of sp³-hybridized carbons (Fsp3) is 0.500. The minimum atomic E-state index is -2.11. The summed E-state index contributed by atoms with van der Waals surface area (Å²) < 4.78 is 15.3. The lowest BCUT2D eigenvalue weighted by molar-refractivity contribution is -0.163. The van der Waals surface area contributed by atoms with Crippen LogP contribution in [0.15, 0.2) is 18.2 Å². The number of carbonyl (C=O) groups is 4. The Morgan fingerprint density at radius 1 is 1.16 bits per heavy atom. The van der Waals surface area contributed by atoms with E-state index in [0.717, 1.165) is 0 Å². The van der Waals surface area contributed by atoms with Crippen molar-refractivity contribution in [1.29, 1.82) is 0 Å². The molecule has 0 aliphatic carbocycles. The zero-order chi connectivity index (χ0) is 23.4. The van der Waals surface area contributed by atoms with E-state index in [-0.39, 0.29) is 29.5 Å². The molecule has 2 rings (SSSR count). The normalized spacial score (nSPS) is 17.9. The molecular weight excluding hydrogens is 430 g/mol. The Morgan fingerprint density at radius 2 is 1.81 bits per heavy atom. The van der Waals surface area contributed by atoms with Gasteiger partial charge in [-0.2, -0.15) is 0 Å². The molecular formula is C20H26ClN3O7. The van der Waals surface area contributed by atoms with Crippen molar-refractivity contribution in [3.05, 3.63) is 28.8 Å². The Hall–Kier alpha value is -3.01. The minimum Gasteiger partial charge on any atom is -0.466 e. The van der Waals surface area contributed by atoms with Crippen LogP contribution in [-0.2, 0) is 23.8 Å². The molecule has 0 fully saturated rings. The molecule has 1 heterocycles. The fourth-order valence-electron chi connectivity index (χ4n) is 2.92. The smallest absolute Gasteiger partial charge is 0.426 e. The summed E-state index contributed by atoms with van der Waals surface area (Å²) in [4.78, 5) is 51.3. The molecule has 0 bridgehead atoms. The van der Waals surface area contributed by atoms with E-state index in [0.29, 0.717) is 5.01 Å². The van der Waals surface area contributed by atoms with Gasteiger partial charge in [-0.3, -0.25) is 9.59 Å². The summed E-state index contributed by atoms with van der Waals surface area (Å²) in [5, 5.41) is 3.81. The predicted octanol–water partition coefficient (Wildman–Crippen LogP) is 2.86. The monoisotopic (exact) mass is 455 g/mol. The second-order valence-corrected chi connectivity index (χ2v) is 8.07. The lowest BCUT2D eigenvalue weighted by Gasteiger charge is -2.44. The molecule has 1 aliphatic heterocycles. The molecule has 2 N–H and O–H groups in total. The number of benzene rings is 1. The summed E-state index contributed by atoms with van der Waals surface area (Å²) in [6.07, 6.45) is -1.64. The molecule has 0 spiro atoms. The number of carbonyl (C=O) groups excluding carboxylic acids is 4. The number of esters is 2. The maximum atomic E-state index is 13.3. The van der Waals surface area contributed by atoms with Gasteiger partial charge in [-0.25, -0.2) is 20.0 Å². The van der Waals surface area contributed by atoms with Gasteiger partial charge < -0.3 is 19.5 Å². The zero-order valence-corrected chi connectivity index (χ0v) is 18.8. The standard InChI is InChI=1S/C20H26ClN3O7/c1-6-29-15(25)11-20(17(27)30-7-2)22-14-9-8-12(21)10-13(14)16(26)24(20)23-18(28)31-19(3,4)5/h8-10,22H,6-7,11H2,1-5H3,(H,23,28). The summed E-state index contributed by atoms with van der Waals surface area (Å²) in [6, 6.07) is 4.37. The topological polar surface area (TPSA) is 123 Å². The van der Waals surface area contributed by atoms with E-state index < -0.39 is 41.6 Å². The van der Waals surface area contributed by atoms with Gasteiger partial charge in [0.2, 0.25) is 5.66 Å². The molecule has 0 saturated carbocycles. The van der Waals surface area contributed by atoms with Crippen LogP contribution in [0.4, 0.5) is 10.5 Å². The summed E-state index contributed by atoms with van der Waals surface area (Å²) in [5.74, 6) is -2.54. The Morgan fingerprint density at radius 3 is 2.39 bits per heavy atom. The lowest BCUT2D eigenvalue weighted by atomic mass is 9.97. The van der Waals surface area contributed by atoms with Crippen LogP contribution in [-0.4, -0.2) is 53.4 Å². The molecule has 10 nitrogen and oxygen atoms in total. The highest BCUT2D eigenvalue weighted by Crippen LogP contribution is 2.35. The van der Waals surface area contributed by atoms with E-state index in [9.17, 15) is 19.2 Å². The van der Waals surface area contributed by atoms with Crippen LogP contribution < -0.4 is 10.7 Å². The van der Waals surface area contributed by atoms with Crippen molar-refractivity contribution in [2.75, 3.05) is 18.5 Å². The predicted molar refractivity (Wildman–Crippen MR) is 111 cm³/mol. The van der Waals surface area contributed by atoms with Crippen LogP contribution >= 0.6 is 11.6 Å². The summed E-state index contributed by atoms with van der Waals surface area (Å²) in [6.45, 7) is 8.09. The second-order valence-electron chi connectivity index (χ2n) is 7.63. The van der Waals surface area contributed by atoms with Gasteiger partial charge in [-0.15, -0.1) is 0 Å². The van der Waals surface area contributed by atoms with Crippen molar-refractivity contribution < 1.29 is 33.4 Å². The van der Waals surface area contributed by atoms with E-state index in [4.69, 9.17) is 25.8 Å². The van der Waals surface area contributed by atoms with Crippen LogP contribution in [0.3, 0.4) is 0 Å². The number of halogens is 1. The minimum absolute atomic E-state index is 0.0347. The Balaban J connectivity index is 2.60. The number of fused-ring (bicyclic) bond motifs is 1. The number of hydrazine groups is 1. The molecule has 11 heteroatoms. The molecule has 31 heavy (non-hydrogen) atoms. The second kappa shape index (κ2) is 9.42. The van der Waals surface area contributed by atoms with Crippen LogP contribution in [0.5, 0.6) is 0 Å². The number of rotatable bonds is 6. The Kier molecular flexibility index (Phi) is 7.37. The van der Waals surface area contributed by atoms with Crippen molar-refractivity contribution in [2.24, 2.45) is 0 Å². The molecule has 1 aliphatic rings. The highest BCUT2D eigenvalue weighted by Gasteiger charge is 2.55. The third-order valence-corrected chi connectivity index (χ3v) is 4.29. The molecule has 1 unspecified atom stereocenters. The molecule has 1 aromatic carbocycles. The summed E-state index contributed by atoms with van der Waals surface area (Å²) in [7, 11) is 0. The number of nitrogens with one attached hydrogen (secondary N) is 2. The molecule has 170 valence electrons. The number of hydrogen-bond acceptors (Lipinski definition) is 8. The Bertz CT molecular complexity index is 884. The van der Waals surface area contributed by atoms with Crippen molar-refractivity contribution >= 4 is 41.2 Å². The molecule has 1 aromatic rings. The van der Waals surface area contributed by atoms with Crippen LogP contribution in [0, 0.1) is 0 Å². The fourth-order valence-corrected chi connectivity index (χ4v) is 3.09. The van der Waals surface area contributed by atoms with E-state index in [1.54, 1.807) is 34.6 Å². The van der Waals surface area contributed by atoms with Crippen LogP contribution in [0.1, 0.15) is 51.4 Å². The average molecular weight is 456 g/mol. The van der Waals surface area contributed by atoms with Crippen molar-refractivity contribution in [1.82, 2.24) is 10.4 Å². The first-order chi connectivity index (χ1) is 14.4. The van der Waals surface area contributed by atoms with Crippen molar-refractivity contribution in [3.63, 3.8) is 0 Å². The molecule has 1 atom stereocenters. The average Bonchev–Trinajstić information content (AvgIpc) is 2.64. The number of ether oxygens (including phenoxy) is 3. The molecule has 2 amide bonds. The first-order valence-corrected chi connectivity index (χ1v) is 10.1. The summed E-state index contributed by atoms with van der Waals surface area (Å²) >= 11 is 6.02. The van der Waals surface area contributed by atoms with E-state index in [1.807, 2.05) is 0 Å². The van der Waals surface area contributed by atoms with Gasteiger partial charge in [0.25, 0.3) is 5.91 Å². The first-order valence-electron chi connectivity index (χ1n) is 9.68. The third kappa shape index (κ3) is 5.57. The zero-order valence-electron chi connectivity index (χ0n) is 18.0.